The van der Waals surface area contributed by atoms with E-state index < -0.39 is 10.0 Å². The zero-order valence-electron chi connectivity index (χ0n) is 12.4. The SMILES string of the molecule is C[C@H]1C(=O)N2CCCc3cc(S(=O)(=O)Nc4ccon4)cc1c32. The molecule has 4 rings (SSSR count). The van der Waals surface area contributed by atoms with Crippen LogP contribution in [0.1, 0.15) is 30.4 Å². The second-order valence-corrected chi connectivity index (χ2v) is 7.51. The summed E-state index contributed by atoms with van der Waals surface area (Å²) in [7, 11) is -3.77. The van der Waals surface area contributed by atoms with Crippen molar-refractivity contribution in [3.05, 3.63) is 35.6 Å². The van der Waals surface area contributed by atoms with Gasteiger partial charge in [0.2, 0.25) is 5.91 Å². The number of hydrogen-bond acceptors (Lipinski definition) is 5. The first-order chi connectivity index (χ1) is 11.0. The number of nitrogens with one attached hydrogen (secondary N) is 1. The van der Waals surface area contributed by atoms with E-state index in [1.54, 1.807) is 17.0 Å². The van der Waals surface area contributed by atoms with Crippen LogP contribution in [0.5, 0.6) is 0 Å². The Morgan fingerprint density at radius 1 is 1.39 bits per heavy atom. The van der Waals surface area contributed by atoms with Gasteiger partial charge in [-0.3, -0.25) is 9.52 Å². The zero-order valence-corrected chi connectivity index (χ0v) is 13.3. The highest BCUT2D eigenvalue weighted by Crippen LogP contribution is 2.43. The quantitative estimate of drug-likeness (QED) is 0.925. The van der Waals surface area contributed by atoms with Crippen molar-refractivity contribution >= 4 is 27.4 Å². The maximum atomic E-state index is 12.6. The Kier molecular flexibility index (Phi) is 2.99. The number of aromatic nitrogens is 1. The van der Waals surface area contributed by atoms with E-state index in [0.717, 1.165) is 29.7 Å². The number of rotatable bonds is 3. The molecule has 1 aromatic carbocycles. The molecule has 0 unspecified atom stereocenters. The van der Waals surface area contributed by atoms with Crippen molar-refractivity contribution in [3.63, 3.8) is 0 Å². The van der Waals surface area contributed by atoms with E-state index >= 15 is 0 Å². The van der Waals surface area contributed by atoms with Crippen LogP contribution >= 0.6 is 0 Å². The fourth-order valence-electron chi connectivity index (χ4n) is 3.28. The summed E-state index contributed by atoms with van der Waals surface area (Å²) in [6.07, 6.45) is 2.90. The van der Waals surface area contributed by atoms with Gasteiger partial charge in [-0.2, -0.15) is 0 Å². The summed E-state index contributed by atoms with van der Waals surface area (Å²) in [5.74, 6) is -0.145. The molecular formula is C15H15N3O4S. The number of carbonyl (C=O) groups is 1. The molecule has 7 nitrogen and oxygen atoms in total. The maximum Gasteiger partial charge on any atom is 0.263 e. The summed E-state index contributed by atoms with van der Waals surface area (Å²) in [6.45, 7) is 2.52. The molecule has 0 saturated heterocycles. The molecule has 8 heteroatoms. The molecule has 1 N–H and O–H groups in total. The van der Waals surface area contributed by atoms with Gasteiger partial charge in [-0.05, 0) is 43.0 Å². The summed E-state index contributed by atoms with van der Waals surface area (Å²) >= 11 is 0. The third-order valence-electron chi connectivity index (χ3n) is 4.38. The Morgan fingerprint density at radius 2 is 2.22 bits per heavy atom. The van der Waals surface area contributed by atoms with E-state index in [2.05, 4.69) is 14.4 Å². The lowest BCUT2D eigenvalue weighted by atomic mass is 9.97. The average molecular weight is 333 g/mol. The number of sulfonamides is 1. The van der Waals surface area contributed by atoms with E-state index in [0.29, 0.717) is 6.54 Å². The van der Waals surface area contributed by atoms with Crippen LogP contribution in [0.15, 0.2) is 33.9 Å². The fourth-order valence-corrected chi connectivity index (χ4v) is 4.36. The Morgan fingerprint density at radius 3 is 2.96 bits per heavy atom. The van der Waals surface area contributed by atoms with Gasteiger partial charge in [-0.15, -0.1) is 0 Å². The number of amides is 1. The highest BCUT2D eigenvalue weighted by Gasteiger charge is 2.38. The molecule has 0 radical (unpaired) electrons. The first-order valence-corrected chi connectivity index (χ1v) is 8.87. The topological polar surface area (TPSA) is 92.5 Å². The van der Waals surface area contributed by atoms with Crippen LogP contribution in [0.3, 0.4) is 0 Å². The monoisotopic (exact) mass is 333 g/mol. The minimum atomic E-state index is -3.77. The molecule has 0 bridgehead atoms. The van der Waals surface area contributed by atoms with Crippen LogP contribution < -0.4 is 9.62 Å². The van der Waals surface area contributed by atoms with Crippen LogP contribution in [0, 0.1) is 0 Å². The summed E-state index contributed by atoms with van der Waals surface area (Å²) < 4.78 is 32.2. The van der Waals surface area contributed by atoms with Crippen molar-refractivity contribution in [2.45, 2.75) is 30.6 Å². The van der Waals surface area contributed by atoms with Crippen LogP contribution in [0.4, 0.5) is 11.5 Å². The highest BCUT2D eigenvalue weighted by molar-refractivity contribution is 7.92. The van der Waals surface area contributed by atoms with Gasteiger partial charge in [0, 0.05) is 12.6 Å². The molecular weight excluding hydrogens is 318 g/mol. The summed E-state index contributed by atoms with van der Waals surface area (Å²) in [5.41, 5.74) is 2.59. The van der Waals surface area contributed by atoms with Crippen molar-refractivity contribution < 1.29 is 17.7 Å². The third-order valence-corrected chi connectivity index (χ3v) is 5.71. The molecule has 3 heterocycles. The fraction of sp³-hybridized carbons (Fsp3) is 0.333. The van der Waals surface area contributed by atoms with Crippen LogP contribution in [0.25, 0.3) is 0 Å². The molecule has 1 aromatic heterocycles. The lowest BCUT2D eigenvalue weighted by Crippen LogP contribution is -2.32. The van der Waals surface area contributed by atoms with Crippen molar-refractivity contribution in [2.75, 3.05) is 16.2 Å². The largest absolute Gasteiger partial charge is 0.363 e. The first-order valence-electron chi connectivity index (χ1n) is 7.39. The molecule has 2 aromatic rings. The molecule has 2 aliphatic heterocycles. The number of nitrogens with zero attached hydrogens (tertiary/aromatic N) is 2. The molecule has 23 heavy (non-hydrogen) atoms. The lowest BCUT2D eigenvalue weighted by Gasteiger charge is -2.25. The molecule has 0 saturated carbocycles. The molecule has 1 amide bonds. The number of anilines is 2. The summed E-state index contributed by atoms with van der Waals surface area (Å²) in [5, 5.41) is 3.56. The highest BCUT2D eigenvalue weighted by atomic mass is 32.2. The second-order valence-electron chi connectivity index (χ2n) is 5.83. The Bertz CT molecular complexity index is 890. The zero-order chi connectivity index (χ0) is 16.2. The summed E-state index contributed by atoms with van der Waals surface area (Å²) in [6, 6.07) is 4.68. The average Bonchev–Trinajstić information content (AvgIpc) is 3.11. The predicted molar refractivity (Wildman–Crippen MR) is 82.8 cm³/mol. The van der Waals surface area contributed by atoms with Gasteiger partial charge >= 0.3 is 0 Å². The number of carbonyl (C=O) groups excluding carboxylic acids is 1. The van der Waals surface area contributed by atoms with Crippen LogP contribution in [-0.4, -0.2) is 26.0 Å². The molecule has 0 aliphatic carbocycles. The van der Waals surface area contributed by atoms with Gasteiger partial charge in [0.05, 0.1) is 16.5 Å². The minimum Gasteiger partial charge on any atom is -0.363 e. The van der Waals surface area contributed by atoms with Crippen LogP contribution in [-0.2, 0) is 21.2 Å². The van der Waals surface area contributed by atoms with Crippen LogP contribution in [0.2, 0.25) is 0 Å². The molecule has 2 aliphatic rings. The normalized spacial score (nSPS) is 19.8. The number of hydrogen-bond donors (Lipinski definition) is 1. The summed E-state index contributed by atoms with van der Waals surface area (Å²) in [4.78, 5) is 14.3. The van der Waals surface area contributed by atoms with E-state index in [1.807, 2.05) is 6.92 Å². The molecule has 0 fully saturated rings. The van der Waals surface area contributed by atoms with Gasteiger partial charge in [-0.25, -0.2) is 8.42 Å². The standard InChI is InChI=1S/C15H15N3O4S/c1-9-12-8-11(23(20,21)17-13-4-6-22-16-13)7-10-3-2-5-18(14(10)12)15(9)19/h4,6-9H,2-3,5H2,1H3,(H,16,17)/t9-/m1/s1. The maximum absolute atomic E-state index is 12.6. The smallest absolute Gasteiger partial charge is 0.263 e. The predicted octanol–water partition coefficient (Wildman–Crippen LogP) is 1.87. The Labute approximate surface area is 133 Å². The molecule has 1 atom stereocenters. The Hall–Kier alpha value is -2.35. The second kappa shape index (κ2) is 4.82. The van der Waals surface area contributed by atoms with Gasteiger partial charge in [0.15, 0.2) is 5.82 Å². The van der Waals surface area contributed by atoms with Crippen molar-refractivity contribution in [3.8, 4) is 0 Å². The van der Waals surface area contributed by atoms with E-state index in [1.165, 1.54) is 12.3 Å². The van der Waals surface area contributed by atoms with Crippen molar-refractivity contribution in [2.24, 2.45) is 0 Å². The number of benzene rings is 1. The van der Waals surface area contributed by atoms with Gasteiger partial charge in [0.25, 0.3) is 10.0 Å². The van der Waals surface area contributed by atoms with E-state index in [9.17, 15) is 13.2 Å². The molecule has 0 spiro atoms. The third kappa shape index (κ3) is 2.13. The van der Waals surface area contributed by atoms with Crippen molar-refractivity contribution in [1.29, 1.82) is 0 Å². The molecule has 120 valence electrons. The first kappa shape index (κ1) is 14.3. The van der Waals surface area contributed by atoms with E-state index in [4.69, 9.17) is 0 Å². The number of aryl methyl sites for hydroxylation is 1. The van der Waals surface area contributed by atoms with Gasteiger partial charge in [0.1, 0.15) is 6.26 Å². The van der Waals surface area contributed by atoms with Crippen molar-refractivity contribution in [1.82, 2.24) is 5.16 Å². The van der Waals surface area contributed by atoms with Gasteiger partial charge < -0.3 is 9.42 Å². The van der Waals surface area contributed by atoms with E-state index in [-0.39, 0.29) is 22.5 Å². The Balaban J connectivity index is 1.82. The van der Waals surface area contributed by atoms with Gasteiger partial charge in [-0.1, -0.05) is 5.16 Å². The minimum absolute atomic E-state index is 0.0416. The lowest BCUT2D eigenvalue weighted by molar-refractivity contribution is -0.119.